The number of urea groups is 1. The molecule has 3 nitrogen and oxygen atoms in total. The Kier molecular flexibility index (Phi) is 4.07. The molecule has 0 spiro atoms. The predicted molar refractivity (Wildman–Crippen MR) is 82.0 cm³/mol. The number of halogens is 2. The second-order valence-electron chi connectivity index (χ2n) is 6.35. The Morgan fingerprint density at radius 1 is 1.38 bits per heavy atom. The highest BCUT2D eigenvalue weighted by atomic mass is 35.5. The summed E-state index contributed by atoms with van der Waals surface area (Å²) >= 11 is 5.69. The fourth-order valence-electron chi connectivity index (χ4n) is 3.97. The van der Waals surface area contributed by atoms with Gasteiger partial charge in [-0.15, -0.1) is 0 Å². The van der Waals surface area contributed by atoms with Crippen LogP contribution < -0.4 is 10.6 Å². The van der Waals surface area contributed by atoms with Crippen molar-refractivity contribution < 1.29 is 9.18 Å². The summed E-state index contributed by atoms with van der Waals surface area (Å²) < 4.78 is 13.6. The number of hydrogen-bond acceptors (Lipinski definition) is 1. The van der Waals surface area contributed by atoms with Gasteiger partial charge < -0.3 is 10.6 Å². The van der Waals surface area contributed by atoms with E-state index in [1.807, 2.05) is 6.92 Å². The molecule has 2 fully saturated rings. The van der Waals surface area contributed by atoms with Crippen LogP contribution in [0, 0.1) is 23.6 Å². The number of nitrogens with one attached hydrogen (secondary N) is 2. The van der Waals surface area contributed by atoms with Crippen molar-refractivity contribution in [2.24, 2.45) is 17.8 Å². The van der Waals surface area contributed by atoms with Crippen LogP contribution in [0.2, 0.25) is 5.02 Å². The number of carbonyl (C=O) groups excluding carboxylic acids is 1. The van der Waals surface area contributed by atoms with Gasteiger partial charge in [-0.3, -0.25) is 0 Å². The molecule has 0 aromatic heterocycles. The fourth-order valence-corrected chi connectivity index (χ4v) is 4.13. The van der Waals surface area contributed by atoms with Gasteiger partial charge in [-0.25, -0.2) is 9.18 Å². The molecule has 21 heavy (non-hydrogen) atoms. The largest absolute Gasteiger partial charge is 0.335 e. The Balaban J connectivity index is 1.56. The molecule has 0 aliphatic heterocycles. The van der Waals surface area contributed by atoms with Crippen molar-refractivity contribution in [2.75, 3.05) is 5.32 Å². The van der Waals surface area contributed by atoms with Crippen molar-refractivity contribution in [1.29, 1.82) is 0 Å². The number of anilines is 1. The molecule has 5 heteroatoms. The fraction of sp³-hybridized carbons (Fsp3) is 0.562. The van der Waals surface area contributed by atoms with Crippen LogP contribution in [-0.2, 0) is 0 Å². The second-order valence-corrected chi connectivity index (χ2v) is 6.79. The van der Waals surface area contributed by atoms with Crippen LogP contribution in [0.5, 0.6) is 0 Å². The molecule has 2 N–H and O–H groups in total. The molecule has 4 atom stereocenters. The summed E-state index contributed by atoms with van der Waals surface area (Å²) in [6.45, 7) is 2.04. The normalized spacial score (nSPS) is 28.4. The molecule has 2 amide bonds. The van der Waals surface area contributed by atoms with Gasteiger partial charge in [0.25, 0.3) is 0 Å². The van der Waals surface area contributed by atoms with Gasteiger partial charge in [0, 0.05) is 11.1 Å². The molecule has 0 unspecified atom stereocenters. The molecule has 0 radical (unpaired) electrons. The molecule has 0 heterocycles. The van der Waals surface area contributed by atoms with E-state index in [0.717, 1.165) is 11.8 Å². The minimum atomic E-state index is -0.523. The molecular weight excluding hydrogens is 291 g/mol. The Morgan fingerprint density at radius 2 is 2.19 bits per heavy atom. The first-order valence-electron chi connectivity index (χ1n) is 7.55. The van der Waals surface area contributed by atoms with E-state index in [2.05, 4.69) is 10.6 Å². The zero-order valence-electron chi connectivity index (χ0n) is 12.0. The number of carbonyl (C=O) groups is 1. The van der Waals surface area contributed by atoms with Crippen molar-refractivity contribution in [2.45, 2.75) is 38.6 Å². The molecule has 2 saturated carbocycles. The van der Waals surface area contributed by atoms with E-state index >= 15 is 0 Å². The quantitative estimate of drug-likeness (QED) is 0.852. The van der Waals surface area contributed by atoms with Crippen LogP contribution in [-0.4, -0.2) is 12.1 Å². The number of rotatable bonds is 3. The first-order chi connectivity index (χ1) is 10.0. The van der Waals surface area contributed by atoms with E-state index in [0.29, 0.717) is 10.9 Å². The van der Waals surface area contributed by atoms with Gasteiger partial charge in [-0.2, -0.15) is 0 Å². The van der Waals surface area contributed by atoms with Crippen molar-refractivity contribution in [3.63, 3.8) is 0 Å². The van der Waals surface area contributed by atoms with Crippen LogP contribution in [0.1, 0.15) is 32.6 Å². The number of amides is 2. The van der Waals surface area contributed by atoms with Gasteiger partial charge in [0.2, 0.25) is 0 Å². The third-order valence-electron chi connectivity index (χ3n) is 4.97. The maximum atomic E-state index is 13.6. The van der Waals surface area contributed by atoms with Crippen LogP contribution in [0.3, 0.4) is 0 Å². The predicted octanol–water partition coefficient (Wildman–Crippen LogP) is 4.43. The highest BCUT2D eigenvalue weighted by Crippen LogP contribution is 2.49. The van der Waals surface area contributed by atoms with E-state index in [4.69, 9.17) is 11.6 Å². The molecule has 2 aliphatic rings. The molecular formula is C16H20ClFN2O. The van der Waals surface area contributed by atoms with E-state index < -0.39 is 5.82 Å². The molecule has 114 valence electrons. The third-order valence-corrected chi connectivity index (χ3v) is 5.21. The Labute approximate surface area is 129 Å². The molecule has 3 rings (SSSR count). The summed E-state index contributed by atoms with van der Waals surface area (Å²) in [6, 6.07) is 3.98. The van der Waals surface area contributed by atoms with Crippen molar-refractivity contribution in [1.82, 2.24) is 5.32 Å². The van der Waals surface area contributed by atoms with Crippen LogP contribution in [0.25, 0.3) is 0 Å². The van der Waals surface area contributed by atoms with Crippen molar-refractivity contribution >= 4 is 23.3 Å². The average molecular weight is 311 g/mol. The maximum absolute atomic E-state index is 13.6. The van der Waals surface area contributed by atoms with Gasteiger partial charge in [-0.05, 0) is 62.1 Å². The SMILES string of the molecule is C[C@H](NC(=O)Nc1ccc(Cl)cc1F)[C@H]1C[C@@H]2CC[C@@H]1C2. The van der Waals surface area contributed by atoms with Gasteiger partial charge in [0.1, 0.15) is 5.82 Å². The summed E-state index contributed by atoms with van der Waals surface area (Å²) in [5, 5.41) is 5.81. The second kappa shape index (κ2) is 5.84. The van der Waals surface area contributed by atoms with Gasteiger partial charge in [-0.1, -0.05) is 18.0 Å². The minimum Gasteiger partial charge on any atom is -0.335 e. The summed E-state index contributed by atoms with van der Waals surface area (Å²) in [6.07, 6.45) is 5.15. The Hall–Kier alpha value is -1.29. The summed E-state index contributed by atoms with van der Waals surface area (Å²) in [7, 11) is 0. The number of hydrogen-bond donors (Lipinski definition) is 2. The standard InChI is InChI=1S/C16H20ClFN2O/c1-9(13-7-10-2-3-11(13)6-10)19-16(21)20-15-5-4-12(17)8-14(15)18/h4-5,8-11,13H,2-3,6-7H2,1H3,(H2,19,20,21)/t9-,10+,11+,13+/m0/s1. The smallest absolute Gasteiger partial charge is 0.319 e. The lowest BCUT2D eigenvalue weighted by Gasteiger charge is -2.28. The Bertz CT molecular complexity index is 551. The third kappa shape index (κ3) is 3.15. The first kappa shape index (κ1) is 14.6. The lowest BCUT2D eigenvalue weighted by atomic mass is 9.84. The Morgan fingerprint density at radius 3 is 2.81 bits per heavy atom. The van der Waals surface area contributed by atoms with Gasteiger partial charge in [0.05, 0.1) is 5.69 Å². The topological polar surface area (TPSA) is 41.1 Å². The minimum absolute atomic E-state index is 0.121. The lowest BCUT2D eigenvalue weighted by Crippen LogP contribution is -2.42. The zero-order valence-corrected chi connectivity index (χ0v) is 12.8. The highest BCUT2D eigenvalue weighted by molar-refractivity contribution is 6.30. The molecule has 2 bridgehead atoms. The number of benzene rings is 1. The van der Waals surface area contributed by atoms with E-state index in [1.54, 1.807) is 6.07 Å². The van der Waals surface area contributed by atoms with Crippen LogP contribution in [0.4, 0.5) is 14.9 Å². The maximum Gasteiger partial charge on any atom is 0.319 e. The van der Waals surface area contributed by atoms with Gasteiger partial charge >= 0.3 is 6.03 Å². The van der Waals surface area contributed by atoms with Crippen molar-refractivity contribution in [3.05, 3.63) is 29.0 Å². The van der Waals surface area contributed by atoms with Crippen LogP contribution >= 0.6 is 11.6 Å². The summed E-state index contributed by atoms with van der Waals surface area (Å²) in [5.41, 5.74) is 0.150. The monoisotopic (exact) mass is 310 g/mol. The first-order valence-corrected chi connectivity index (χ1v) is 7.93. The highest BCUT2D eigenvalue weighted by Gasteiger charge is 2.42. The van der Waals surface area contributed by atoms with E-state index in [9.17, 15) is 9.18 Å². The van der Waals surface area contributed by atoms with E-state index in [1.165, 1.54) is 37.8 Å². The lowest BCUT2D eigenvalue weighted by molar-refractivity contribution is 0.230. The molecule has 1 aromatic carbocycles. The molecule has 1 aromatic rings. The summed E-state index contributed by atoms with van der Waals surface area (Å²) in [4.78, 5) is 12.0. The molecule has 2 aliphatic carbocycles. The van der Waals surface area contributed by atoms with Gasteiger partial charge in [0.15, 0.2) is 0 Å². The average Bonchev–Trinajstić information content (AvgIpc) is 3.04. The van der Waals surface area contributed by atoms with Crippen molar-refractivity contribution in [3.8, 4) is 0 Å². The van der Waals surface area contributed by atoms with E-state index in [-0.39, 0.29) is 17.8 Å². The number of fused-ring (bicyclic) bond motifs is 2. The zero-order chi connectivity index (χ0) is 15.0. The molecule has 0 saturated heterocycles. The van der Waals surface area contributed by atoms with Crippen LogP contribution in [0.15, 0.2) is 18.2 Å². The summed E-state index contributed by atoms with van der Waals surface area (Å²) in [5.74, 6) is 1.63.